The van der Waals surface area contributed by atoms with Crippen molar-refractivity contribution in [2.24, 2.45) is 0 Å². The minimum absolute atomic E-state index is 0. The first-order valence-corrected chi connectivity index (χ1v) is 22.0. The van der Waals surface area contributed by atoms with Crippen LogP contribution in [-0.2, 0) is 39.0 Å². The topological polar surface area (TPSA) is 275 Å². The standard InChI is InChI=1S/4C14H10N2O2.2Zn/c4*17-14(18)10-6-2-1-5-9(10)13-15-11-7-3-4-8-12(11)16-13;;/h4*1-8H,(H,15,16)(H,17,18);;/q;;;;2*+2/p-4. The van der Waals surface area contributed by atoms with Gasteiger partial charge in [-0.2, -0.15) is 0 Å². The Morgan fingerprint density at radius 2 is 0.446 bits per heavy atom. The third-order valence-corrected chi connectivity index (χ3v) is 11.2. The van der Waals surface area contributed by atoms with Crippen molar-refractivity contribution in [1.29, 1.82) is 0 Å². The van der Waals surface area contributed by atoms with Crippen LogP contribution in [0.2, 0.25) is 0 Å². The van der Waals surface area contributed by atoms with Gasteiger partial charge in [0.05, 0.1) is 68.0 Å². The predicted molar refractivity (Wildman–Crippen MR) is 263 cm³/mol. The number of carboxylic acids is 4. The molecular weight excluding hydrogens is 1040 g/mol. The Morgan fingerprint density at radius 3 is 0.635 bits per heavy atom. The number of aromatic nitrogens is 8. The number of nitrogens with zero attached hydrogens (tertiary/aromatic N) is 4. The number of nitrogens with one attached hydrogen (secondary N) is 4. The van der Waals surface area contributed by atoms with E-state index in [0.29, 0.717) is 45.6 Å². The number of hydrogen-bond acceptors (Lipinski definition) is 12. The number of H-pyrrole nitrogens is 4. The van der Waals surface area contributed by atoms with E-state index in [1.54, 1.807) is 72.8 Å². The average Bonchev–Trinajstić information content (AvgIpc) is 4.24. The van der Waals surface area contributed by atoms with Gasteiger partial charge in [0.1, 0.15) is 23.3 Å². The van der Waals surface area contributed by atoms with Crippen molar-refractivity contribution in [1.82, 2.24) is 39.9 Å². The zero-order chi connectivity index (χ0) is 50.1. The molecule has 0 aliphatic heterocycles. The molecule has 0 spiro atoms. The second-order valence-corrected chi connectivity index (χ2v) is 15.7. The molecule has 0 unspecified atom stereocenters. The summed E-state index contributed by atoms with van der Waals surface area (Å²) < 4.78 is 0. The Balaban J connectivity index is 0.000000143. The molecule has 16 nitrogen and oxygen atoms in total. The Kier molecular flexibility index (Phi) is 16.9. The molecule has 4 heterocycles. The van der Waals surface area contributed by atoms with E-state index in [4.69, 9.17) is 0 Å². The molecule has 4 aromatic heterocycles. The molecule has 0 amide bonds. The maximum atomic E-state index is 11.1. The van der Waals surface area contributed by atoms with Crippen molar-refractivity contribution in [3.63, 3.8) is 0 Å². The van der Waals surface area contributed by atoms with Gasteiger partial charge >= 0.3 is 39.0 Å². The number of carboxylic acid groups (broad SMARTS) is 4. The van der Waals surface area contributed by atoms with Gasteiger partial charge in [0.2, 0.25) is 0 Å². The molecule has 0 atom stereocenters. The summed E-state index contributed by atoms with van der Waals surface area (Å²) >= 11 is 0. The summed E-state index contributed by atoms with van der Waals surface area (Å²) in [4.78, 5) is 74.2. The molecule has 0 bridgehead atoms. The van der Waals surface area contributed by atoms with Crippen molar-refractivity contribution in [2.75, 3.05) is 0 Å². The first-order valence-electron chi connectivity index (χ1n) is 22.0. The number of benzene rings is 8. The number of aromatic carboxylic acids is 4. The van der Waals surface area contributed by atoms with Gasteiger partial charge in [-0.05, 0) is 48.5 Å². The predicted octanol–water partition coefficient (Wildman–Crippen LogP) is 6.37. The van der Waals surface area contributed by atoms with Gasteiger partial charge in [-0.15, -0.1) is 0 Å². The number of imidazole rings is 4. The molecular formula is C56H36N8O8Zn2. The Labute approximate surface area is 445 Å². The Morgan fingerprint density at radius 1 is 0.270 bits per heavy atom. The smallest absolute Gasteiger partial charge is 0.545 e. The number of fused-ring (bicyclic) bond motifs is 4. The molecule has 4 N–H and O–H groups in total. The first-order chi connectivity index (χ1) is 35.0. The fraction of sp³-hybridized carbons (Fsp3) is 0. The summed E-state index contributed by atoms with van der Waals surface area (Å²) in [5, 5.41) is 44.2. The van der Waals surface area contributed by atoms with E-state index in [1.807, 2.05) is 97.1 Å². The quantitative estimate of drug-likeness (QED) is 0.121. The Hall–Kier alpha value is -9.23. The van der Waals surface area contributed by atoms with Crippen LogP contribution in [0, 0.1) is 0 Å². The van der Waals surface area contributed by atoms with Crippen LogP contribution in [0.5, 0.6) is 0 Å². The van der Waals surface area contributed by atoms with E-state index in [-0.39, 0.29) is 61.2 Å². The molecule has 0 aliphatic rings. The minimum atomic E-state index is -1.20. The van der Waals surface area contributed by atoms with E-state index < -0.39 is 23.9 Å². The van der Waals surface area contributed by atoms with Crippen LogP contribution in [-0.4, -0.2) is 63.7 Å². The van der Waals surface area contributed by atoms with Crippen molar-refractivity contribution in [3.05, 3.63) is 216 Å². The monoisotopic (exact) mass is 1080 g/mol. The summed E-state index contributed by atoms with van der Waals surface area (Å²) in [7, 11) is 0. The van der Waals surface area contributed by atoms with Gasteiger partial charge in [0, 0.05) is 44.5 Å². The van der Waals surface area contributed by atoms with Crippen LogP contribution in [0.15, 0.2) is 194 Å². The van der Waals surface area contributed by atoms with Gasteiger partial charge in [0.15, 0.2) is 0 Å². The molecule has 0 saturated heterocycles. The average molecular weight is 1080 g/mol. The molecule has 0 saturated carbocycles. The van der Waals surface area contributed by atoms with Crippen molar-refractivity contribution in [3.8, 4) is 45.6 Å². The molecule has 0 aliphatic carbocycles. The van der Waals surface area contributed by atoms with Crippen molar-refractivity contribution < 1.29 is 78.6 Å². The molecule has 18 heteroatoms. The van der Waals surface area contributed by atoms with Gasteiger partial charge in [0.25, 0.3) is 0 Å². The second-order valence-electron chi connectivity index (χ2n) is 15.7. The van der Waals surface area contributed by atoms with Gasteiger partial charge < -0.3 is 59.5 Å². The molecule has 12 aromatic rings. The number of aromatic amines is 4. The molecule has 12 rings (SSSR count). The Bertz CT molecular complexity index is 3320. The molecule has 8 aromatic carbocycles. The largest absolute Gasteiger partial charge is 2.00 e. The maximum Gasteiger partial charge on any atom is 2.00 e. The number of carbonyl (C=O) groups excluding carboxylic acids is 4. The van der Waals surface area contributed by atoms with Crippen molar-refractivity contribution in [2.45, 2.75) is 0 Å². The molecule has 0 radical (unpaired) electrons. The van der Waals surface area contributed by atoms with Crippen LogP contribution in [0.1, 0.15) is 41.4 Å². The van der Waals surface area contributed by atoms with Gasteiger partial charge in [-0.25, -0.2) is 19.9 Å². The molecule has 74 heavy (non-hydrogen) atoms. The van der Waals surface area contributed by atoms with Crippen LogP contribution < -0.4 is 20.4 Å². The van der Waals surface area contributed by atoms with Crippen LogP contribution in [0.25, 0.3) is 89.7 Å². The summed E-state index contributed by atoms with van der Waals surface area (Å²) in [5.74, 6) is -2.66. The van der Waals surface area contributed by atoms with E-state index >= 15 is 0 Å². The van der Waals surface area contributed by atoms with E-state index in [1.165, 1.54) is 24.3 Å². The summed E-state index contributed by atoms with van der Waals surface area (Å²) in [6.07, 6.45) is 0. The van der Waals surface area contributed by atoms with E-state index in [2.05, 4.69) is 39.9 Å². The second kappa shape index (κ2) is 23.8. The van der Waals surface area contributed by atoms with Crippen LogP contribution in [0.3, 0.4) is 0 Å². The third-order valence-electron chi connectivity index (χ3n) is 11.2. The molecule has 0 fully saturated rings. The zero-order valence-corrected chi connectivity index (χ0v) is 44.9. The first kappa shape index (κ1) is 52.6. The third kappa shape index (κ3) is 11.7. The van der Waals surface area contributed by atoms with E-state index in [9.17, 15) is 39.6 Å². The molecule has 352 valence electrons. The number of rotatable bonds is 8. The number of carbonyl (C=O) groups is 4. The fourth-order valence-electron chi connectivity index (χ4n) is 7.79. The van der Waals surface area contributed by atoms with Crippen LogP contribution in [0.4, 0.5) is 0 Å². The van der Waals surface area contributed by atoms with Crippen molar-refractivity contribution >= 4 is 68.0 Å². The van der Waals surface area contributed by atoms with Gasteiger partial charge in [-0.1, -0.05) is 146 Å². The number of para-hydroxylation sites is 8. The zero-order valence-electron chi connectivity index (χ0n) is 38.9. The maximum absolute atomic E-state index is 11.1. The summed E-state index contributed by atoms with van der Waals surface area (Å²) in [5.41, 5.74) is 9.41. The fourth-order valence-corrected chi connectivity index (χ4v) is 7.79. The van der Waals surface area contributed by atoms with E-state index in [0.717, 1.165) is 44.1 Å². The number of hydrogen-bond donors (Lipinski definition) is 4. The normalized spacial score (nSPS) is 10.4. The SMILES string of the molecule is O=C([O-])c1ccccc1-c1nc2ccccc2[nH]1.O=C([O-])c1ccccc1-c1nc2ccccc2[nH]1.O=C([O-])c1ccccc1-c1nc2ccccc2[nH]1.O=C([O-])c1ccccc1-c1nc2ccccc2[nH]1.[Zn+2].[Zn+2]. The van der Waals surface area contributed by atoms with Crippen LogP contribution >= 0.6 is 0 Å². The van der Waals surface area contributed by atoms with Gasteiger partial charge in [-0.3, -0.25) is 0 Å². The summed E-state index contributed by atoms with van der Waals surface area (Å²) in [6.45, 7) is 0. The summed E-state index contributed by atoms with van der Waals surface area (Å²) in [6, 6.07) is 56.8. The minimum Gasteiger partial charge on any atom is -0.545 e.